The lowest BCUT2D eigenvalue weighted by molar-refractivity contribution is 0.505. The molecule has 0 aromatic rings. The highest BCUT2D eigenvalue weighted by Gasteiger charge is 2.07. The molecule has 1 aliphatic carbocycles. The van der Waals surface area contributed by atoms with Gasteiger partial charge in [0.15, 0.2) is 0 Å². The van der Waals surface area contributed by atoms with Gasteiger partial charge < -0.3 is 0 Å². The summed E-state index contributed by atoms with van der Waals surface area (Å²) in [5, 5.41) is 0. The monoisotopic (exact) mass is 235 g/mol. The Hall–Kier alpha value is -0.260. The maximum atomic E-state index is 3.88. The van der Waals surface area contributed by atoms with Crippen molar-refractivity contribution < 1.29 is 0 Å². The van der Waals surface area contributed by atoms with Crippen molar-refractivity contribution in [2.45, 2.75) is 83.5 Å². The van der Waals surface area contributed by atoms with Crippen LogP contribution in [0.1, 0.15) is 83.5 Å². The van der Waals surface area contributed by atoms with Crippen molar-refractivity contribution in [1.29, 1.82) is 0 Å². The Balaban J connectivity index is 1.71. The number of hydrogen-bond acceptors (Lipinski definition) is 0. The fraction of sp³-hybridized carbons (Fsp3) is 0.824. The Labute approximate surface area is 109 Å². The third-order valence-electron chi connectivity index (χ3n) is 3.94. The summed E-state index contributed by atoms with van der Waals surface area (Å²) in [5.41, 5.74) is 0. The molecule has 0 N–H and O–H groups in total. The molecule has 0 amide bonds. The Morgan fingerprint density at radius 2 is 1.41 bits per heavy atom. The molecule has 0 spiro atoms. The fourth-order valence-corrected chi connectivity index (χ4v) is 2.76. The number of allylic oxidation sites excluding steroid dienone is 2. The molecule has 0 heterocycles. The van der Waals surface area contributed by atoms with Crippen molar-refractivity contribution in [2.75, 3.05) is 0 Å². The minimum Gasteiger partial charge on any atom is -0.0882 e. The van der Waals surface area contributed by atoms with E-state index in [1.54, 1.807) is 0 Å². The summed E-state index contributed by atoms with van der Waals surface area (Å²) in [7, 11) is 0. The lowest BCUT2D eigenvalue weighted by Gasteiger charge is -2.06. The molecule has 1 aliphatic rings. The molecule has 0 nitrogen and oxygen atoms in total. The summed E-state index contributed by atoms with van der Waals surface area (Å²) < 4.78 is 0. The summed E-state index contributed by atoms with van der Waals surface area (Å²) >= 11 is 0. The van der Waals surface area contributed by atoms with Crippen molar-refractivity contribution in [3.05, 3.63) is 19.1 Å². The topological polar surface area (TPSA) is 0 Å². The van der Waals surface area contributed by atoms with Gasteiger partial charge in [-0.3, -0.25) is 0 Å². The van der Waals surface area contributed by atoms with E-state index in [1.807, 2.05) is 0 Å². The molecule has 99 valence electrons. The summed E-state index contributed by atoms with van der Waals surface area (Å²) in [6, 6.07) is 0. The van der Waals surface area contributed by atoms with E-state index in [0.29, 0.717) is 0 Å². The predicted molar refractivity (Wildman–Crippen MR) is 78.0 cm³/mol. The van der Waals surface area contributed by atoms with Gasteiger partial charge in [-0.05, 0) is 25.2 Å². The van der Waals surface area contributed by atoms with E-state index >= 15 is 0 Å². The first-order chi connectivity index (χ1) is 8.43. The Morgan fingerprint density at radius 1 is 0.824 bits per heavy atom. The zero-order valence-electron chi connectivity index (χ0n) is 11.6. The Bertz CT molecular complexity index is 180. The molecular formula is C17H31. The highest BCUT2D eigenvalue weighted by Crippen LogP contribution is 2.23. The highest BCUT2D eigenvalue weighted by molar-refractivity contribution is 4.95. The Morgan fingerprint density at radius 3 is 1.94 bits per heavy atom. The molecule has 0 saturated heterocycles. The highest BCUT2D eigenvalue weighted by atomic mass is 14.1. The second kappa shape index (κ2) is 10.9. The quantitative estimate of drug-likeness (QED) is 0.301. The smallest absolute Gasteiger partial charge is 0.0231 e. The van der Waals surface area contributed by atoms with Crippen LogP contribution in [-0.2, 0) is 0 Å². The second-order valence-corrected chi connectivity index (χ2v) is 5.59. The minimum absolute atomic E-state index is 0.928. The van der Waals surface area contributed by atoms with Crippen LogP contribution in [0.25, 0.3) is 0 Å². The SMILES string of the molecule is [CH2]CCCCCCCCCCCC1C=CCC1. The van der Waals surface area contributed by atoms with Gasteiger partial charge in [0, 0.05) is 0 Å². The van der Waals surface area contributed by atoms with Crippen molar-refractivity contribution in [3.63, 3.8) is 0 Å². The maximum Gasteiger partial charge on any atom is -0.0231 e. The van der Waals surface area contributed by atoms with E-state index in [4.69, 9.17) is 0 Å². The van der Waals surface area contributed by atoms with Crippen LogP contribution >= 0.6 is 0 Å². The van der Waals surface area contributed by atoms with E-state index in [0.717, 1.165) is 12.3 Å². The van der Waals surface area contributed by atoms with Crippen LogP contribution in [0.5, 0.6) is 0 Å². The second-order valence-electron chi connectivity index (χ2n) is 5.59. The number of unbranched alkanes of at least 4 members (excludes halogenated alkanes) is 9. The van der Waals surface area contributed by atoms with Crippen molar-refractivity contribution >= 4 is 0 Å². The molecule has 0 fully saturated rings. The van der Waals surface area contributed by atoms with Gasteiger partial charge in [0.25, 0.3) is 0 Å². The molecule has 0 heteroatoms. The summed E-state index contributed by atoms with van der Waals surface area (Å²) in [5.74, 6) is 0.928. The summed E-state index contributed by atoms with van der Waals surface area (Å²) in [6.07, 6.45) is 23.0. The molecule has 0 aliphatic heterocycles. The van der Waals surface area contributed by atoms with Gasteiger partial charge in [-0.25, -0.2) is 0 Å². The zero-order valence-corrected chi connectivity index (χ0v) is 11.6. The van der Waals surface area contributed by atoms with Crippen molar-refractivity contribution in [3.8, 4) is 0 Å². The minimum atomic E-state index is 0.928. The maximum absolute atomic E-state index is 3.88. The molecule has 1 rings (SSSR count). The van der Waals surface area contributed by atoms with Crippen molar-refractivity contribution in [2.24, 2.45) is 5.92 Å². The fourth-order valence-electron chi connectivity index (χ4n) is 2.76. The van der Waals surface area contributed by atoms with E-state index in [1.165, 1.54) is 77.0 Å². The number of rotatable bonds is 11. The first-order valence-corrected chi connectivity index (χ1v) is 7.89. The largest absolute Gasteiger partial charge is 0.0882 e. The molecular weight excluding hydrogens is 204 g/mol. The molecule has 0 bridgehead atoms. The third kappa shape index (κ3) is 8.46. The van der Waals surface area contributed by atoms with Gasteiger partial charge >= 0.3 is 0 Å². The molecule has 1 radical (unpaired) electrons. The van der Waals surface area contributed by atoms with E-state index in [9.17, 15) is 0 Å². The first-order valence-electron chi connectivity index (χ1n) is 7.89. The van der Waals surface area contributed by atoms with Gasteiger partial charge in [-0.2, -0.15) is 0 Å². The molecule has 0 aromatic carbocycles. The molecule has 1 atom stereocenters. The molecule has 1 unspecified atom stereocenters. The van der Waals surface area contributed by atoms with Crippen LogP contribution in [0.4, 0.5) is 0 Å². The standard InChI is InChI=1S/C17H31/c1-2-3-4-5-6-7-8-9-10-11-14-17-15-12-13-16-17/h12,15,17H,1-11,13-14,16H2. The van der Waals surface area contributed by atoms with E-state index < -0.39 is 0 Å². The van der Waals surface area contributed by atoms with E-state index in [2.05, 4.69) is 19.1 Å². The van der Waals surface area contributed by atoms with Gasteiger partial charge in [0.05, 0.1) is 0 Å². The average molecular weight is 235 g/mol. The van der Waals surface area contributed by atoms with Gasteiger partial charge in [-0.1, -0.05) is 83.3 Å². The summed E-state index contributed by atoms with van der Waals surface area (Å²) in [4.78, 5) is 0. The summed E-state index contributed by atoms with van der Waals surface area (Å²) in [6.45, 7) is 3.88. The molecule has 0 saturated carbocycles. The van der Waals surface area contributed by atoms with Crippen LogP contribution < -0.4 is 0 Å². The van der Waals surface area contributed by atoms with Gasteiger partial charge in [0.2, 0.25) is 0 Å². The lowest BCUT2D eigenvalue weighted by Crippen LogP contribution is -1.91. The van der Waals surface area contributed by atoms with Crippen LogP contribution in [0.3, 0.4) is 0 Å². The predicted octanol–water partition coefficient (Wildman–Crippen LogP) is 6.08. The van der Waals surface area contributed by atoms with Crippen LogP contribution in [0, 0.1) is 12.8 Å². The molecule has 17 heavy (non-hydrogen) atoms. The van der Waals surface area contributed by atoms with Gasteiger partial charge in [0.1, 0.15) is 0 Å². The van der Waals surface area contributed by atoms with Crippen LogP contribution in [0.2, 0.25) is 0 Å². The normalized spacial score (nSPS) is 19.0. The number of hydrogen-bond donors (Lipinski definition) is 0. The van der Waals surface area contributed by atoms with Crippen LogP contribution in [0.15, 0.2) is 12.2 Å². The van der Waals surface area contributed by atoms with E-state index in [-0.39, 0.29) is 0 Å². The lowest BCUT2D eigenvalue weighted by atomic mass is 9.99. The Kier molecular flexibility index (Phi) is 9.46. The first kappa shape index (κ1) is 14.8. The zero-order chi connectivity index (χ0) is 12.2. The van der Waals surface area contributed by atoms with Gasteiger partial charge in [-0.15, -0.1) is 0 Å². The molecule has 0 aromatic heterocycles. The average Bonchev–Trinajstić information content (AvgIpc) is 2.85. The van der Waals surface area contributed by atoms with Crippen molar-refractivity contribution in [1.82, 2.24) is 0 Å². The van der Waals surface area contributed by atoms with Crippen LogP contribution in [-0.4, -0.2) is 0 Å². The third-order valence-corrected chi connectivity index (χ3v) is 3.94.